The summed E-state index contributed by atoms with van der Waals surface area (Å²) in [6.45, 7) is 0.411. The number of anilines is 4. The van der Waals surface area contributed by atoms with Crippen LogP contribution in [0.4, 0.5) is 44.7 Å². The van der Waals surface area contributed by atoms with Crippen molar-refractivity contribution in [1.82, 2.24) is 0 Å². The van der Waals surface area contributed by atoms with Crippen LogP contribution in [-0.4, -0.2) is 44.2 Å². The van der Waals surface area contributed by atoms with Gasteiger partial charge in [0.05, 0.1) is 22.6 Å². The Balaban J connectivity index is 1.56. The maximum atomic E-state index is 13.6. The van der Waals surface area contributed by atoms with E-state index in [-0.39, 0.29) is 51.0 Å². The Morgan fingerprint density at radius 3 is 2.32 bits per heavy atom. The zero-order valence-corrected chi connectivity index (χ0v) is 18.3. The van der Waals surface area contributed by atoms with E-state index in [1.807, 2.05) is 4.90 Å². The molecule has 2 aromatic rings. The lowest BCUT2D eigenvalue weighted by Crippen LogP contribution is -2.39. The number of piperidine rings is 1. The second-order valence-electron chi connectivity index (χ2n) is 8.51. The third-order valence-electron chi connectivity index (χ3n) is 6.17. The minimum absolute atomic E-state index is 0.00282. The summed E-state index contributed by atoms with van der Waals surface area (Å²) in [7, 11) is 0. The monoisotopic (exact) mass is 480 g/mol. The van der Waals surface area contributed by atoms with E-state index in [1.165, 1.54) is 6.07 Å². The van der Waals surface area contributed by atoms with Gasteiger partial charge >= 0.3 is 6.18 Å². The van der Waals surface area contributed by atoms with E-state index in [9.17, 15) is 26.7 Å². The van der Waals surface area contributed by atoms with Gasteiger partial charge in [0.15, 0.2) is 0 Å². The fourth-order valence-corrected chi connectivity index (χ4v) is 4.27. The van der Waals surface area contributed by atoms with Crippen LogP contribution < -0.4 is 20.9 Å². The van der Waals surface area contributed by atoms with E-state index in [4.69, 9.17) is 5.73 Å². The summed E-state index contributed by atoms with van der Waals surface area (Å²) in [5.41, 5.74) is 7.51. The first-order valence-corrected chi connectivity index (χ1v) is 11.0. The molecule has 0 bridgehead atoms. The molecule has 2 aliphatic heterocycles. The number of rotatable bonds is 4. The first kappa shape index (κ1) is 23.8. The topological polar surface area (TPSA) is 61.6 Å². The van der Waals surface area contributed by atoms with Crippen molar-refractivity contribution >= 4 is 28.7 Å². The molecule has 2 aromatic carbocycles. The summed E-state index contributed by atoms with van der Waals surface area (Å²) >= 11 is 0. The van der Waals surface area contributed by atoms with Crippen LogP contribution in [0, 0.1) is 0 Å². The van der Waals surface area contributed by atoms with Crippen LogP contribution in [-0.2, 0) is 0 Å². The Hall–Kier alpha value is -3.30. The highest BCUT2D eigenvalue weighted by Crippen LogP contribution is 2.36. The molecule has 5 nitrogen and oxygen atoms in total. The summed E-state index contributed by atoms with van der Waals surface area (Å²) in [6, 6.07) is 11.6. The lowest BCUT2D eigenvalue weighted by molar-refractivity contribution is -0.0944. The van der Waals surface area contributed by atoms with Crippen molar-refractivity contribution < 1.29 is 26.7 Å². The van der Waals surface area contributed by atoms with E-state index in [1.54, 1.807) is 41.3 Å². The molecular weight excluding hydrogens is 455 g/mol. The molecule has 1 amide bonds. The minimum Gasteiger partial charge on any atom is -0.399 e. The Morgan fingerprint density at radius 1 is 0.971 bits per heavy atom. The lowest BCUT2D eigenvalue weighted by atomic mass is 10.0. The Morgan fingerprint density at radius 2 is 1.68 bits per heavy atom. The highest BCUT2D eigenvalue weighted by atomic mass is 19.4. The number of carbonyl (C=O) groups excluding carboxylic acids is 1. The molecular formula is C24H25F5N4O. The number of amides is 1. The second kappa shape index (κ2) is 9.15. The first-order valence-electron chi connectivity index (χ1n) is 11.0. The van der Waals surface area contributed by atoms with Crippen molar-refractivity contribution in [2.45, 2.75) is 31.4 Å². The fraction of sp³-hybridized carbons (Fsp3) is 0.375. The van der Waals surface area contributed by atoms with Crippen molar-refractivity contribution in [1.29, 1.82) is 0 Å². The normalized spacial score (nSPS) is 18.4. The van der Waals surface area contributed by atoms with Crippen LogP contribution >= 0.6 is 0 Å². The molecule has 0 aliphatic carbocycles. The highest BCUT2D eigenvalue weighted by molar-refractivity contribution is 6.09. The van der Waals surface area contributed by atoms with E-state index in [2.05, 4.69) is 5.32 Å². The predicted octanol–water partition coefficient (Wildman–Crippen LogP) is 5.46. The smallest absolute Gasteiger partial charge is 0.399 e. The molecule has 1 saturated heterocycles. The molecule has 3 N–H and O–H groups in total. The molecule has 0 radical (unpaired) electrons. The predicted molar refractivity (Wildman–Crippen MR) is 123 cm³/mol. The van der Waals surface area contributed by atoms with Gasteiger partial charge in [-0.15, -0.1) is 0 Å². The number of benzene rings is 2. The molecule has 1 fully saturated rings. The average molecular weight is 480 g/mol. The van der Waals surface area contributed by atoms with Gasteiger partial charge in [0.2, 0.25) is 0 Å². The van der Waals surface area contributed by atoms with Crippen LogP contribution in [0.2, 0.25) is 0 Å². The molecule has 0 atom stereocenters. The van der Waals surface area contributed by atoms with Crippen molar-refractivity contribution in [3.63, 3.8) is 0 Å². The van der Waals surface area contributed by atoms with E-state index in [0.29, 0.717) is 22.7 Å². The lowest BCUT2D eigenvalue weighted by Gasteiger charge is -2.34. The van der Waals surface area contributed by atoms with Crippen LogP contribution in [0.25, 0.3) is 0 Å². The van der Waals surface area contributed by atoms with Gasteiger partial charge in [-0.2, -0.15) is 13.2 Å². The van der Waals surface area contributed by atoms with Gasteiger partial charge < -0.3 is 20.9 Å². The van der Waals surface area contributed by atoms with E-state index >= 15 is 0 Å². The third-order valence-corrected chi connectivity index (χ3v) is 6.17. The van der Waals surface area contributed by atoms with Gasteiger partial charge in [-0.25, -0.2) is 8.78 Å². The van der Waals surface area contributed by atoms with Crippen LogP contribution in [0.15, 0.2) is 54.1 Å². The number of hydrogen-bond acceptors (Lipinski definition) is 4. The first-order chi connectivity index (χ1) is 16.0. The standard InChI is InChI=1S/C24H25F5N4O/c25-23(26)9-13-33(14-10-23)20-4-2-1-3-19(20)31-22(34)18-6-5-17(30)15-21(18)32-11-7-16(8-12-32)24(27,28)29/h1-7,15H,8-14,30H2,(H,31,34). The minimum atomic E-state index is -4.37. The van der Waals surface area contributed by atoms with Crippen molar-refractivity contribution in [2.75, 3.05) is 47.0 Å². The second-order valence-corrected chi connectivity index (χ2v) is 8.51. The Kier molecular flexibility index (Phi) is 6.42. The van der Waals surface area contributed by atoms with Gasteiger partial charge in [-0.1, -0.05) is 18.2 Å². The molecule has 0 unspecified atom stereocenters. The number of nitrogens with two attached hydrogens (primary N) is 1. The molecule has 2 heterocycles. The number of nitrogen functional groups attached to an aromatic ring is 1. The van der Waals surface area contributed by atoms with Gasteiger partial charge in [-0.3, -0.25) is 4.79 Å². The average Bonchev–Trinajstić information content (AvgIpc) is 2.79. The van der Waals surface area contributed by atoms with Crippen molar-refractivity contribution in [2.24, 2.45) is 0 Å². The number of nitrogens with zero attached hydrogens (tertiary/aromatic N) is 2. The molecule has 0 saturated carbocycles. The maximum absolute atomic E-state index is 13.6. The van der Waals surface area contributed by atoms with Gasteiger partial charge in [0.1, 0.15) is 0 Å². The molecule has 0 aromatic heterocycles. The maximum Gasteiger partial charge on any atom is 0.412 e. The number of para-hydroxylation sites is 2. The van der Waals surface area contributed by atoms with Crippen molar-refractivity contribution in [3.05, 3.63) is 59.7 Å². The number of nitrogens with one attached hydrogen (secondary N) is 1. The fourth-order valence-electron chi connectivity index (χ4n) is 4.27. The molecule has 4 rings (SSSR count). The molecule has 2 aliphatic rings. The summed E-state index contributed by atoms with van der Waals surface area (Å²) in [6.07, 6.45) is -3.97. The third kappa shape index (κ3) is 5.26. The van der Waals surface area contributed by atoms with Crippen molar-refractivity contribution in [3.8, 4) is 0 Å². The SMILES string of the molecule is Nc1ccc(C(=O)Nc2ccccc2N2CCC(F)(F)CC2)c(N2CC=C(C(F)(F)F)CC2)c1. The quantitative estimate of drug-likeness (QED) is 0.347. The molecule has 0 spiro atoms. The zero-order chi connectivity index (χ0) is 24.5. The Labute approximate surface area is 194 Å². The number of hydrogen-bond donors (Lipinski definition) is 2. The number of halogens is 5. The number of carbonyl (C=O) groups is 1. The highest BCUT2D eigenvalue weighted by Gasteiger charge is 2.36. The van der Waals surface area contributed by atoms with Gasteiger partial charge in [-0.05, 0) is 36.8 Å². The summed E-state index contributed by atoms with van der Waals surface area (Å²) in [4.78, 5) is 16.7. The van der Waals surface area contributed by atoms with Gasteiger partial charge in [0, 0.05) is 50.3 Å². The summed E-state index contributed by atoms with van der Waals surface area (Å²) in [5.74, 6) is -3.15. The largest absolute Gasteiger partial charge is 0.412 e. The molecule has 34 heavy (non-hydrogen) atoms. The van der Waals surface area contributed by atoms with Crippen LogP contribution in [0.3, 0.4) is 0 Å². The van der Waals surface area contributed by atoms with Crippen LogP contribution in [0.5, 0.6) is 0 Å². The number of alkyl halides is 5. The summed E-state index contributed by atoms with van der Waals surface area (Å²) in [5, 5.41) is 2.85. The van der Waals surface area contributed by atoms with Gasteiger partial charge in [0.25, 0.3) is 11.8 Å². The summed E-state index contributed by atoms with van der Waals surface area (Å²) < 4.78 is 66.2. The molecule has 182 valence electrons. The van der Waals surface area contributed by atoms with Crippen LogP contribution in [0.1, 0.15) is 29.6 Å². The Bertz CT molecular complexity index is 1090. The zero-order valence-electron chi connectivity index (χ0n) is 18.3. The van der Waals surface area contributed by atoms with E-state index < -0.39 is 23.6 Å². The molecule has 10 heteroatoms. The van der Waals surface area contributed by atoms with E-state index in [0.717, 1.165) is 6.08 Å².